The van der Waals surface area contributed by atoms with Crippen molar-refractivity contribution in [1.82, 2.24) is 4.90 Å². The van der Waals surface area contributed by atoms with E-state index in [9.17, 15) is 4.21 Å². The Morgan fingerprint density at radius 3 is 2.73 bits per heavy atom. The first-order valence-electron chi connectivity index (χ1n) is 5.90. The minimum atomic E-state index is -0.637. The number of nitrogens with two attached hydrogens (primary N) is 1. The molecule has 4 heteroatoms. The fourth-order valence-corrected chi connectivity index (χ4v) is 2.88. The highest BCUT2D eigenvalue weighted by Gasteiger charge is 2.29. The summed E-state index contributed by atoms with van der Waals surface area (Å²) in [6, 6.07) is 0.871. The van der Waals surface area contributed by atoms with E-state index in [1.807, 2.05) is 6.92 Å². The van der Waals surface area contributed by atoms with Gasteiger partial charge in [-0.3, -0.25) is 9.11 Å². The van der Waals surface area contributed by atoms with Gasteiger partial charge in [-0.25, -0.2) is 0 Å². The molecule has 0 aromatic rings. The minimum Gasteiger partial charge on any atom is -0.327 e. The van der Waals surface area contributed by atoms with Crippen LogP contribution in [0.15, 0.2) is 0 Å². The van der Waals surface area contributed by atoms with Gasteiger partial charge >= 0.3 is 0 Å². The zero-order chi connectivity index (χ0) is 11.4. The summed E-state index contributed by atoms with van der Waals surface area (Å²) in [5, 5.41) is 0. The van der Waals surface area contributed by atoms with Gasteiger partial charge in [-0.1, -0.05) is 13.8 Å². The highest BCUT2D eigenvalue weighted by molar-refractivity contribution is 7.84. The summed E-state index contributed by atoms with van der Waals surface area (Å²) in [4.78, 5) is 2.43. The van der Waals surface area contributed by atoms with Crippen LogP contribution >= 0.6 is 0 Å². The summed E-state index contributed by atoms with van der Waals surface area (Å²) in [5.74, 6) is 2.13. The fourth-order valence-electron chi connectivity index (χ4n) is 2.15. The van der Waals surface area contributed by atoms with Crippen LogP contribution in [-0.4, -0.2) is 45.8 Å². The Labute approximate surface area is 95.9 Å². The second-order valence-corrected chi connectivity index (χ2v) is 6.39. The first-order valence-corrected chi connectivity index (χ1v) is 7.39. The summed E-state index contributed by atoms with van der Waals surface area (Å²) in [6.45, 7) is 8.46. The maximum absolute atomic E-state index is 11.4. The van der Waals surface area contributed by atoms with E-state index in [4.69, 9.17) is 5.73 Å². The van der Waals surface area contributed by atoms with Gasteiger partial charge < -0.3 is 5.73 Å². The number of hydrogen-bond donors (Lipinski definition) is 1. The monoisotopic (exact) mass is 232 g/mol. The third-order valence-electron chi connectivity index (χ3n) is 3.69. The second-order valence-electron chi connectivity index (χ2n) is 4.52. The lowest BCUT2D eigenvalue weighted by Gasteiger charge is -2.41. The lowest BCUT2D eigenvalue weighted by molar-refractivity contribution is 0.105. The molecule has 4 atom stereocenters. The third-order valence-corrected chi connectivity index (χ3v) is 4.97. The number of piperidine rings is 1. The van der Waals surface area contributed by atoms with Gasteiger partial charge in [0, 0.05) is 40.9 Å². The summed E-state index contributed by atoms with van der Waals surface area (Å²) >= 11 is 0. The molecule has 3 nitrogen and oxygen atoms in total. The Balaban J connectivity index is 2.39. The molecule has 0 aromatic carbocycles. The molecule has 0 spiro atoms. The molecule has 0 aliphatic carbocycles. The molecular formula is C11H24N2OS. The number of likely N-dealkylation sites (tertiary alicyclic amines) is 1. The molecule has 2 N–H and O–H groups in total. The smallest absolute Gasteiger partial charge is 0.0362 e. The van der Waals surface area contributed by atoms with Crippen molar-refractivity contribution in [3.63, 3.8) is 0 Å². The largest absolute Gasteiger partial charge is 0.327 e. The van der Waals surface area contributed by atoms with Gasteiger partial charge in [-0.15, -0.1) is 0 Å². The third kappa shape index (κ3) is 3.54. The molecular weight excluding hydrogens is 208 g/mol. The van der Waals surface area contributed by atoms with Gasteiger partial charge in [0.25, 0.3) is 0 Å². The van der Waals surface area contributed by atoms with E-state index in [1.165, 1.54) is 0 Å². The zero-order valence-corrected chi connectivity index (χ0v) is 10.9. The van der Waals surface area contributed by atoms with Crippen LogP contribution in [0.3, 0.4) is 0 Å². The van der Waals surface area contributed by atoms with Gasteiger partial charge in [0.1, 0.15) is 0 Å². The predicted octanol–water partition coefficient (Wildman–Crippen LogP) is 0.813. The molecule has 0 bridgehead atoms. The van der Waals surface area contributed by atoms with Gasteiger partial charge in [0.15, 0.2) is 0 Å². The summed E-state index contributed by atoms with van der Waals surface area (Å²) in [7, 11) is -0.637. The van der Waals surface area contributed by atoms with E-state index in [1.54, 1.807) is 0 Å². The maximum Gasteiger partial charge on any atom is 0.0362 e. The standard InChI is InChI=1S/C11H24N2OS/c1-4-15(14)8-7-13-6-5-11(12)9(2)10(13)3/h9-11H,4-8,12H2,1-3H3. The van der Waals surface area contributed by atoms with Crippen LogP contribution in [0.5, 0.6) is 0 Å². The van der Waals surface area contributed by atoms with E-state index >= 15 is 0 Å². The van der Waals surface area contributed by atoms with E-state index in [-0.39, 0.29) is 0 Å². The zero-order valence-electron chi connectivity index (χ0n) is 10.1. The molecule has 1 aliphatic heterocycles. The van der Waals surface area contributed by atoms with Crippen molar-refractivity contribution in [2.75, 3.05) is 24.6 Å². The Kier molecular flexibility index (Phi) is 5.23. The van der Waals surface area contributed by atoms with Crippen LogP contribution in [0, 0.1) is 5.92 Å². The Bertz CT molecular complexity index is 223. The van der Waals surface area contributed by atoms with Crippen molar-refractivity contribution in [3.05, 3.63) is 0 Å². The molecule has 1 saturated heterocycles. The first kappa shape index (κ1) is 13.1. The SMILES string of the molecule is CCS(=O)CCN1CCC(N)C(C)C1C. The normalized spacial score (nSPS) is 35.3. The van der Waals surface area contributed by atoms with E-state index in [0.29, 0.717) is 18.0 Å². The fraction of sp³-hybridized carbons (Fsp3) is 1.00. The number of nitrogens with zero attached hydrogens (tertiary/aromatic N) is 1. The van der Waals surface area contributed by atoms with Crippen LogP contribution in [0.2, 0.25) is 0 Å². The van der Waals surface area contributed by atoms with Crippen molar-refractivity contribution >= 4 is 10.8 Å². The average molecular weight is 232 g/mol. The van der Waals surface area contributed by atoms with Crippen molar-refractivity contribution in [3.8, 4) is 0 Å². The molecule has 90 valence electrons. The molecule has 0 aromatic heterocycles. The van der Waals surface area contributed by atoms with E-state index in [2.05, 4.69) is 18.7 Å². The van der Waals surface area contributed by atoms with E-state index < -0.39 is 10.8 Å². The Morgan fingerprint density at radius 2 is 2.13 bits per heavy atom. The lowest BCUT2D eigenvalue weighted by Crippen LogP contribution is -2.52. The summed E-state index contributed by atoms with van der Waals surface area (Å²) in [5.41, 5.74) is 6.03. The number of rotatable bonds is 4. The molecule has 0 amide bonds. The van der Waals surface area contributed by atoms with Crippen molar-refractivity contribution < 1.29 is 4.21 Å². The van der Waals surface area contributed by atoms with Crippen molar-refractivity contribution in [2.45, 2.75) is 39.3 Å². The van der Waals surface area contributed by atoms with Gasteiger partial charge in [0.05, 0.1) is 0 Å². The highest BCUT2D eigenvalue weighted by Crippen LogP contribution is 2.21. The Hall–Kier alpha value is 0.0700. The van der Waals surface area contributed by atoms with Crippen LogP contribution < -0.4 is 5.73 Å². The van der Waals surface area contributed by atoms with Crippen LogP contribution in [-0.2, 0) is 10.8 Å². The second kappa shape index (κ2) is 5.97. The first-order chi connectivity index (χ1) is 7.06. The topological polar surface area (TPSA) is 46.3 Å². The quantitative estimate of drug-likeness (QED) is 0.780. The molecule has 1 aliphatic rings. The number of hydrogen-bond acceptors (Lipinski definition) is 3. The highest BCUT2D eigenvalue weighted by atomic mass is 32.2. The van der Waals surface area contributed by atoms with Crippen molar-refractivity contribution in [1.29, 1.82) is 0 Å². The molecule has 1 heterocycles. The van der Waals surface area contributed by atoms with Gasteiger partial charge in [-0.05, 0) is 25.8 Å². The predicted molar refractivity (Wildman–Crippen MR) is 66.3 cm³/mol. The molecule has 0 radical (unpaired) electrons. The summed E-state index contributed by atoms with van der Waals surface area (Å²) in [6.07, 6.45) is 1.07. The lowest BCUT2D eigenvalue weighted by atomic mass is 9.88. The van der Waals surface area contributed by atoms with Crippen LogP contribution in [0.1, 0.15) is 27.2 Å². The average Bonchev–Trinajstić information content (AvgIpc) is 2.24. The Morgan fingerprint density at radius 1 is 1.47 bits per heavy atom. The molecule has 1 rings (SSSR count). The van der Waals surface area contributed by atoms with Crippen molar-refractivity contribution in [2.24, 2.45) is 11.7 Å². The summed E-state index contributed by atoms with van der Waals surface area (Å²) < 4.78 is 11.4. The van der Waals surface area contributed by atoms with E-state index in [0.717, 1.165) is 31.0 Å². The maximum atomic E-state index is 11.4. The van der Waals surface area contributed by atoms with Gasteiger partial charge in [-0.2, -0.15) is 0 Å². The van der Waals surface area contributed by atoms with Crippen LogP contribution in [0.25, 0.3) is 0 Å². The molecule has 4 unspecified atom stereocenters. The molecule has 15 heavy (non-hydrogen) atoms. The molecule has 0 saturated carbocycles. The van der Waals surface area contributed by atoms with Crippen LogP contribution in [0.4, 0.5) is 0 Å². The minimum absolute atomic E-state index is 0.341. The van der Waals surface area contributed by atoms with Gasteiger partial charge in [0.2, 0.25) is 0 Å². The molecule has 1 fully saturated rings.